The fourth-order valence-electron chi connectivity index (χ4n) is 1.96. The van der Waals surface area contributed by atoms with Crippen LogP contribution in [0, 0.1) is 5.82 Å². The smallest absolute Gasteiger partial charge is 0.325 e. The van der Waals surface area contributed by atoms with Crippen molar-refractivity contribution in [2.24, 2.45) is 0 Å². The van der Waals surface area contributed by atoms with Gasteiger partial charge < -0.3 is 10.1 Å². The molecular weight excluding hydrogens is 313 g/mol. The van der Waals surface area contributed by atoms with Crippen molar-refractivity contribution in [1.29, 1.82) is 0 Å². The summed E-state index contributed by atoms with van der Waals surface area (Å²) in [5.41, 5.74) is 0.945. The van der Waals surface area contributed by atoms with Crippen LogP contribution in [0.5, 0.6) is 0 Å². The Morgan fingerprint density at radius 1 is 1.00 bits per heavy atom. The topological polar surface area (TPSA) is 72.5 Å². The lowest BCUT2D eigenvalue weighted by Gasteiger charge is -2.06. The third kappa shape index (κ3) is 5.64. The molecule has 0 unspecified atom stereocenters. The van der Waals surface area contributed by atoms with E-state index in [0.29, 0.717) is 0 Å². The summed E-state index contributed by atoms with van der Waals surface area (Å²) in [4.78, 5) is 35.0. The first-order valence-corrected chi connectivity index (χ1v) is 7.29. The number of ketones is 1. The van der Waals surface area contributed by atoms with Gasteiger partial charge in [0.15, 0.2) is 12.4 Å². The van der Waals surface area contributed by atoms with Gasteiger partial charge in [0.05, 0.1) is 6.42 Å². The van der Waals surface area contributed by atoms with Gasteiger partial charge in [-0.3, -0.25) is 14.4 Å². The summed E-state index contributed by atoms with van der Waals surface area (Å²) in [5, 5.41) is 2.42. The summed E-state index contributed by atoms with van der Waals surface area (Å²) in [6.45, 7) is -0.834. The summed E-state index contributed by atoms with van der Waals surface area (Å²) in [6, 6.07) is 14.2. The van der Waals surface area contributed by atoms with E-state index in [2.05, 4.69) is 5.32 Å². The summed E-state index contributed by atoms with van der Waals surface area (Å²) in [5.74, 6) is -2.12. The molecule has 0 saturated carbocycles. The van der Waals surface area contributed by atoms with Gasteiger partial charge in [0.1, 0.15) is 12.4 Å². The normalized spacial score (nSPS) is 10.0. The zero-order valence-electron chi connectivity index (χ0n) is 12.8. The number of hydrogen-bond acceptors (Lipinski definition) is 4. The van der Waals surface area contributed by atoms with Crippen LogP contribution in [-0.2, 0) is 20.7 Å². The highest BCUT2D eigenvalue weighted by Gasteiger charge is 2.12. The number of hydrogen-bond donors (Lipinski definition) is 1. The van der Waals surface area contributed by atoms with Crippen molar-refractivity contribution in [3.63, 3.8) is 0 Å². The number of carbonyl (C=O) groups excluding carboxylic acids is 3. The third-order valence-electron chi connectivity index (χ3n) is 3.15. The van der Waals surface area contributed by atoms with E-state index in [9.17, 15) is 18.8 Å². The SMILES string of the molecule is O=C(Cc1ccccc1)NCC(=O)OCC(=O)c1cccc(F)c1. The van der Waals surface area contributed by atoms with Crippen LogP contribution in [0.4, 0.5) is 4.39 Å². The van der Waals surface area contributed by atoms with Crippen molar-refractivity contribution in [3.8, 4) is 0 Å². The lowest BCUT2D eigenvalue weighted by Crippen LogP contribution is -2.32. The minimum absolute atomic E-state index is 0.121. The summed E-state index contributed by atoms with van der Waals surface area (Å²) in [7, 11) is 0. The third-order valence-corrected chi connectivity index (χ3v) is 3.15. The van der Waals surface area contributed by atoms with E-state index in [1.807, 2.05) is 18.2 Å². The number of nitrogens with one attached hydrogen (secondary N) is 1. The van der Waals surface area contributed by atoms with Gasteiger partial charge in [0.2, 0.25) is 5.91 Å². The van der Waals surface area contributed by atoms with Gasteiger partial charge in [-0.1, -0.05) is 42.5 Å². The molecule has 0 spiro atoms. The maximum atomic E-state index is 13.0. The average molecular weight is 329 g/mol. The average Bonchev–Trinajstić information content (AvgIpc) is 2.58. The van der Waals surface area contributed by atoms with Gasteiger partial charge in [0.25, 0.3) is 0 Å². The second-order valence-electron chi connectivity index (χ2n) is 5.03. The van der Waals surface area contributed by atoms with Crippen LogP contribution < -0.4 is 5.32 Å². The quantitative estimate of drug-likeness (QED) is 0.622. The van der Waals surface area contributed by atoms with Gasteiger partial charge in [-0.05, 0) is 17.7 Å². The fraction of sp³-hybridized carbons (Fsp3) is 0.167. The maximum absolute atomic E-state index is 13.0. The van der Waals surface area contributed by atoms with Crippen LogP contribution in [0.3, 0.4) is 0 Å². The highest BCUT2D eigenvalue weighted by Crippen LogP contribution is 2.04. The van der Waals surface area contributed by atoms with E-state index < -0.39 is 24.2 Å². The first kappa shape index (κ1) is 17.3. The molecule has 24 heavy (non-hydrogen) atoms. The van der Waals surface area contributed by atoms with E-state index >= 15 is 0 Å². The molecule has 2 rings (SSSR count). The number of benzene rings is 2. The minimum atomic E-state index is -0.735. The predicted octanol–water partition coefficient (Wildman–Crippen LogP) is 1.91. The van der Waals surface area contributed by atoms with E-state index in [-0.39, 0.29) is 24.4 Å². The Morgan fingerprint density at radius 3 is 2.46 bits per heavy atom. The number of amides is 1. The highest BCUT2D eigenvalue weighted by atomic mass is 19.1. The lowest BCUT2D eigenvalue weighted by molar-refractivity contribution is -0.142. The van der Waals surface area contributed by atoms with Gasteiger partial charge in [-0.15, -0.1) is 0 Å². The second kappa shape index (κ2) is 8.57. The van der Waals surface area contributed by atoms with Crippen molar-refractivity contribution < 1.29 is 23.5 Å². The molecule has 0 aliphatic heterocycles. The van der Waals surface area contributed by atoms with Crippen molar-refractivity contribution in [2.45, 2.75) is 6.42 Å². The van der Waals surface area contributed by atoms with Crippen LogP contribution in [0.25, 0.3) is 0 Å². The molecule has 0 atom stereocenters. The lowest BCUT2D eigenvalue weighted by atomic mass is 10.1. The van der Waals surface area contributed by atoms with E-state index in [0.717, 1.165) is 11.6 Å². The molecule has 5 nitrogen and oxygen atoms in total. The standard InChI is InChI=1S/C18H16FNO4/c19-15-8-4-7-14(10-15)16(21)12-24-18(23)11-20-17(22)9-13-5-2-1-3-6-13/h1-8,10H,9,11-12H2,(H,20,22). The van der Waals surface area contributed by atoms with Gasteiger partial charge >= 0.3 is 5.97 Å². The van der Waals surface area contributed by atoms with Gasteiger partial charge in [-0.25, -0.2) is 4.39 Å². The molecule has 6 heteroatoms. The van der Waals surface area contributed by atoms with Crippen LogP contribution >= 0.6 is 0 Å². The zero-order valence-corrected chi connectivity index (χ0v) is 12.8. The Balaban J connectivity index is 1.71. The maximum Gasteiger partial charge on any atom is 0.325 e. The zero-order chi connectivity index (χ0) is 17.4. The monoisotopic (exact) mass is 329 g/mol. The molecule has 0 heterocycles. The fourth-order valence-corrected chi connectivity index (χ4v) is 1.96. The Morgan fingerprint density at radius 2 is 1.75 bits per heavy atom. The van der Waals surface area contributed by atoms with Crippen molar-refractivity contribution in [3.05, 3.63) is 71.5 Å². The van der Waals surface area contributed by atoms with E-state index in [1.165, 1.54) is 18.2 Å². The summed E-state index contributed by atoms with van der Waals surface area (Å²) < 4.78 is 17.8. The first-order chi connectivity index (χ1) is 11.5. The van der Waals surface area contributed by atoms with Crippen molar-refractivity contribution in [1.82, 2.24) is 5.32 Å². The number of esters is 1. The van der Waals surface area contributed by atoms with Crippen LogP contribution in [-0.4, -0.2) is 30.8 Å². The number of halogens is 1. The molecule has 0 aliphatic rings. The van der Waals surface area contributed by atoms with Crippen LogP contribution in [0.1, 0.15) is 15.9 Å². The number of carbonyl (C=O) groups is 3. The molecular formula is C18H16FNO4. The molecule has 2 aromatic rings. The molecule has 1 amide bonds. The molecule has 1 N–H and O–H groups in total. The first-order valence-electron chi connectivity index (χ1n) is 7.29. The van der Waals surface area contributed by atoms with Gasteiger partial charge in [0, 0.05) is 5.56 Å². The molecule has 0 aliphatic carbocycles. The Labute approximate surface area is 138 Å². The highest BCUT2D eigenvalue weighted by molar-refractivity contribution is 5.98. The summed E-state index contributed by atoms with van der Waals surface area (Å²) in [6.07, 6.45) is 0.149. The Hall–Kier alpha value is -3.02. The molecule has 124 valence electrons. The predicted molar refractivity (Wildman–Crippen MR) is 84.8 cm³/mol. The number of ether oxygens (including phenoxy) is 1. The molecule has 0 bridgehead atoms. The van der Waals surface area contributed by atoms with Gasteiger partial charge in [-0.2, -0.15) is 0 Å². The molecule has 2 aromatic carbocycles. The molecule has 0 saturated heterocycles. The van der Waals surface area contributed by atoms with E-state index in [4.69, 9.17) is 4.74 Å². The van der Waals surface area contributed by atoms with Crippen molar-refractivity contribution in [2.75, 3.05) is 13.2 Å². The Kier molecular flexibility index (Phi) is 6.19. The summed E-state index contributed by atoms with van der Waals surface area (Å²) >= 11 is 0. The molecule has 0 aromatic heterocycles. The molecule has 0 radical (unpaired) electrons. The number of Topliss-reactive ketones (excluding diaryl/α,β-unsaturated/α-hetero) is 1. The number of rotatable bonds is 7. The minimum Gasteiger partial charge on any atom is -0.456 e. The Bertz CT molecular complexity index is 731. The van der Waals surface area contributed by atoms with Crippen LogP contribution in [0.2, 0.25) is 0 Å². The van der Waals surface area contributed by atoms with E-state index in [1.54, 1.807) is 12.1 Å². The van der Waals surface area contributed by atoms with Crippen LogP contribution in [0.15, 0.2) is 54.6 Å². The second-order valence-corrected chi connectivity index (χ2v) is 5.03. The molecule has 0 fully saturated rings. The van der Waals surface area contributed by atoms with Crippen molar-refractivity contribution >= 4 is 17.7 Å². The largest absolute Gasteiger partial charge is 0.456 e.